The second kappa shape index (κ2) is 5.84. The highest BCUT2D eigenvalue weighted by atomic mass is 32.2. The Morgan fingerprint density at radius 2 is 1.90 bits per heavy atom. The maximum Gasteiger partial charge on any atom is 0.163 e. The summed E-state index contributed by atoms with van der Waals surface area (Å²) in [7, 11) is 0. The second-order valence-electron chi connectivity index (χ2n) is 5.18. The molecule has 20 heavy (non-hydrogen) atoms. The minimum Gasteiger partial charge on any atom is -0.294 e. The van der Waals surface area contributed by atoms with Crippen LogP contribution in [0, 0.1) is 0 Å². The molecule has 1 nitrogen and oxygen atoms in total. The molecule has 0 N–H and O–H groups in total. The van der Waals surface area contributed by atoms with Crippen molar-refractivity contribution in [3.8, 4) is 0 Å². The van der Waals surface area contributed by atoms with Gasteiger partial charge in [0.05, 0.1) is 0 Å². The third-order valence-electron chi connectivity index (χ3n) is 3.88. The number of benzene rings is 2. The number of fused-ring (bicyclic) bond motifs is 1. The molecule has 2 aromatic rings. The summed E-state index contributed by atoms with van der Waals surface area (Å²) >= 11 is 1.80. The molecule has 1 aliphatic carbocycles. The molecule has 3 rings (SSSR count). The molecule has 0 heterocycles. The van der Waals surface area contributed by atoms with Crippen molar-refractivity contribution in [3.63, 3.8) is 0 Å². The first-order valence-electron chi connectivity index (χ1n) is 7.12. The third kappa shape index (κ3) is 2.66. The van der Waals surface area contributed by atoms with Gasteiger partial charge in [0.25, 0.3) is 0 Å². The van der Waals surface area contributed by atoms with Gasteiger partial charge in [-0.25, -0.2) is 0 Å². The Morgan fingerprint density at radius 1 is 1.15 bits per heavy atom. The van der Waals surface area contributed by atoms with E-state index in [0.29, 0.717) is 12.3 Å². The molecule has 0 aromatic heterocycles. The van der Waals surface area contributed by atoms with Crippen LogP contribution in [0.5, 0.6) is 0 Å². The van der Waals surface area contributed by atoms with Gasteiger partial charge >= 0.3 is 0 Å². The van der Waals surface area contributed by atoms with E-state index in [4.69, 9.17) is 0 Å². The van der Waals surface area contributed by atoms with Crippen molar-refractivity contribution in [2.75, 3.05) is 5.75 Å². The maximum atomic E-state index is 12.3. The number of Topliss-reactive ketones (excluding diaryl/α,β-unsaturated/α-hetero) is 1. The Morgan fingerprint density at radius 3 is 2.60 bits per heavy atom. The quantitative estimate of drug-likeness (QED) is 0.583. The number of thioether (sulfide) groups is 1. The van der Waals surface area contributed by atoms with Gasteiger partial charge in [0.2, 0.25) is 0 Å². The topological polar surface area (TPSA) is 17.1 Å². The van der Waals surface area contributed by atoms with Crippen molar-refractivity contribution in [1.82, 2.24) is 0 Å². The van der Waals surface area contributed by atoms with Crippen molar-refractivity contribution in [3.05, 3.63) is 65.2 Å². The lowest BCUT2D eigenvalue weighted by atomic mass is 9.74. The molecule has 1 unspecified atom stereocenters. The molecule has 1 aliphatic rings. The van der Waals surface area contributed by atoms with Crippen LogP contribution >= 0.6 is 11.8 Å². The van der Waals surface area contributed by atoms with E-state index in [1.807, 2.05) is 12.1 Å². The smallest absolute Gasteiger partial charge is 0.163 e. The van der Waals surface area contributed by atoms with Crippen LogP contribution in [-0.2, 0) is 6.42 Å². The Labute approximate surface area is 124 Å². The molecule has 102 valence electrons. The molecule has 1 atom stereocenters. The molecule has 0 aliphatic heterocycles. The number of ketones is 1. The summed E-state index contributed by atoms with van der Waals surface area (Å²) in [4.78, 5) is 13.6. The van der Waals surface area contributed by atoms with E-state index in [2.05, 4.69) is 43.3 Å². The van der Waals surface area contributed by atoms with Gasteiger partial charge in [-0.3, -0.25) is 4.79 Å². The standard InChI is InChI=1S/C18H18OS/c1-2-20-16-9-7-13(8-10-16)18(19)12-15-11-14-5-3-4-6-17(14)15/h3-10,15H,2,11-12H2,1H3. The normalized spacial score (nSPS) is 16.4. The molecule has 2 heteroatoms. The summed E-state index contributed by atoms with van der Waals surface area (Å²) < 4.78 is 0. The number of carbonyl (C=O) groups excluding carboxylic acids is 1. The van der Waals surface area contributed by atoms with Crippen LogP contribution in [0.2, 0.25) is 0 Å². The largest absolute Gasteiger partial charge is 0.294 e. The summed E-state index contributed by atoms with van der Waals surface area (Å²) in [5, 5.41) is 0. The van der Waals surface area contributed by atoms with Gasteiger partial charge in [0, 0.05) is 16.9 Å². The first kappa shape index (κ1) is 13.4. The van der Waals surface area contributed by atoms with Crippen molar-refractivity contribution in [1.29, 1.82) is 0 Å². The Bertz CT molecular complexity index is 616. The Balaban J connectivity index is 1.66. The highest BCUT2D eigenvalue weighted by molar-refractivity contribution is 7.99. The summed E-state index contributed by atoms with van der Waals surface area (Å²) in [6.45, 7) is 2.14. The fourth-order valence-electron chi connectivity index (χ4n) is 2.79. The molecular formula is C18H18OS. The molecule has 0 radical (unpaired) electrons. The number of rotatable bonds is 5. The van der Waals surface area contributed by atoms with Crippen molar-refractivity contribution in [2.24, 2.45) is 0 Å². The van der Waals surface area contributed by atoms with E-state index in [9.17, 15) is 4.79 Å². The number of hydrogen-bond acceptors (Lipinski definition) is 2. The van der Waals surface area contributed by atoms with Gasteiger partial charge in [0.15, 0.2) is 5.78 Å². The van der Waals surface area contributed by atoms with Crippen LogP contribution in [0.15, 0.2) is 53.4 Å². The van der Waals surface area contributed by atoms with E-state index >= 15 is 0 Å². The number of carbonyl (C=O) groups is 1. The molecule has 0 fully saturated rings. The molecular weight excluding hydrogens is 264 g/mol. The first-order chi connectivity index (χ1) is 9.78. The average molecular weight is 282 g/mol. The van der Waals surface area contributed by atoms with Crippen LogP contribution < -0.4 is 0 Å². The average Bonchev–Trinajstić information content (AvgIpc) is 2.46. The molecule has 0 amide bonds. The predicted octanol–water partition coefficient (Wildman–Crippen LogP) is 4.71. The SMILES string of the molecule is CCSc1ccc(C(=O)CC2Cc3ccccc32)cc1. The molecule has 0 saturated heterocycles. The predicted molar refractivity (Wildman–Crippen MR) is 84.7 cm³/mol. The van der Waals surface area contributed by atoms with Crippen molar-refractivity contribution < 1.29 is 4.79 Å². The van der Waals surface area contributed by atoms with Crippen LogP contribution in [0.1, 0.15) is 40.7 Å². The zero-order chi connectivity index (χ0) is 13.9. The molecule has 0 spiro atoms. The first-order valence-corrected chi connectivity index (χ1v) is 8.10. The van der Waals surface area contributed by atoms with E-state index in [1.54, 1.807) is 11.8 Å². The van der Waals surface area contributed by atoms with Gasteiger partial charge in [-0.15, -0.1) is 11.8 Å². The van der Waals surface area contributed by atoms with Crippen molar-refractivity contribution in [2.45, 2.75) is 30.6 Å². The zero-order valence-electron chi connectivity index (χ0n) is 11.6. The second-order valence-corrected chi connectivity index (χ2v) is 6.52. The number of hydrogen-bond donors (Lipinski definition) is 0. The lowest BCUT2D eigenvalue weighted by molar-refractivity contribution is 0.0970. The van der Waals surface area contributed by atoms with E-state index in [-0.39, 0.29) is 5.78 Å². The van der Waals surface area contributed by atoms with E-state index < -0.39 is 0 Å². The lowest BCUT2D eigenvalue weighted by Crippen LogP contribution is -2.20. The Kier molecular flexibility index (Phi) is 3.93. The third-order valence-corrected chi connectivity index (χ3v) is 4.77. The summed E-state index contributed by atoms with van der Waals surface area (Å²) in [6.07, 6.45) is 1.68. The van der Waals surface area contributed by atoms with Crippen molar-refractivity contribution >= 4 is 17.5 Å². The Hall–Kier alpha value is -1.54. The van der Waals surface area contributed by atoms with Gasteiger partial charge in [-0.05, 0) is 41.4 Å². The van der Waals surface area contributed by atoms with Gasteiger partial charge in [-0.1, -0.05) is 43.3 Å². The fourth-order valence-corrected chi connectivity index (χ4v) is 3.45. The summed E-state index contributed by atoms with van der Waals surface area (Å²) in [5.74, 6) is 1.74. The van der Waals surface area contributed by atoms with E-state index in [1.165, 1.54) is 16.0 Å². The van der Waals surface area contributed by atoms with Crippen LogP contribution in [0.25, 0.3) is 0 Å². The van der Waals surface area contributed by atoms with Crippen LogP contribution in [0.3, 0.4) is 0 Å². The van der Waals surface area contributed by atoms with Crippen LogP contribution in [-0.4, -0.2) is 11.5 Å². The van der Waals surface area contributed by atoms with Gasteiger partial charge in [-0.2, -0.15) is 0 Å². The van der Waals surface area contributed by atoms with Gasteiger partial charge < -0.3 is 0 Å². The minimum atomic E-state index is 0.262. The summed E-state index contributed by atoms with van der Waals surface area (Å²) in [5.41, 5.74) is 3.61. The highest BCUT2D eigenvalue weighted by Gasteiger charge is 2.27. The van der Waals surface area contributed by atoms with E-state index in [0.717, 1.165) is 17.7 Å². The lowest BCUT2D eigenvalue weighted by Gasteiger charge is -2.29. The highest BCUT2D eigenvalue weighted by Crippen LogP contribution is 2.37. The molecule has 0 bridgehead atoms. The fraction of sp³-hybridized carbons (Fsp3) is 0.278. The minimum absolute atomic E-state index is 0.262. The molecule has 2 aromatic carbocycles. The molecule has 0 saturated carbocycles. The zero-order valence-corrected chi connectivity index (χ0v) is 12.5. The maximum absolute atomic E-state index is 12.3. The monoisotopic (exact) mass is 282 g/mol. The van der Waals surface area contributed by atoms with Gasteiger partial charge in [0.1, 0.15) is 0 Å². The van der Waals surface area contributed by atoms with Crippen LogP contribution in [0.4, 0.5) is 0 Å². The summed E-state index contributed by atoms with van der Waals surface area (Å²) in [6, 6.07) is 16.5.